The average Bonchev–Trinajstić information content (AvgIpc) is 2.11. The maximum absolute atomic E-state index is 13.1. The van der Waals surface area contributed by atoms with Crippen LogP contribution in [0.5, 0.6) is 0 Å². The molecule has 1 aliphatic heterocycles. The molecule has 0 saturated heterocycles. The van der Waals surface area contributed by atoms with Crippen LogP contribution in [0.25, 0.3) is 0 Å². The van der Waals surface area contributed by atoms with Crippen molar-refractivity contribution in [3.8, 4) is 0 Å². The van der Waals surface area contributed by atoms with Crippen LogP contribution in [0.15, 0.2) is 10.7 Å². The lowest BCUT2D eigenvalue weighted by molar-refractivity contribution is -0.119. The fraction of sp³-hybridized carbons (Fsp3) is 0.333. The van der Waals surface area contributed by atoms with Gasteiger partial charge in [0.15, 0.2) is 5.82 Å². The Balaban J connectivity index is 2.47. The van der Waals surface area contributed by atoms with E-state index in [2.05, 4.69) is 26.2 Å². The number of aromatic nitrogens is 1. The molecule has 1 unspecified atom stereocenters. The van der Waals surface area contributed by atoms with E-state index in [1.165, 1.54) is 6.07 Å². The van der Waals surface area contributed by atoms with Crippen LogP contribution in [-0.4, -0.2) is 10.9 Å². The highest BCUT2D eigenvalue weighted by molar-refractivity contribution is 9.10. The summed E-state index contributed by atoms with van der Waals surface area (Å²) in [7, 11) is 0. The highest BCUT2D eigenvalue weighted by Crippen LogP contribution is 2.27. The summed E-state index contributed by atoms with van der Waals surface area (Å²) in [6.07, 6.45) is 0.556. The lowest BCUT2D eigenvalue weighted by atomic mass is 9.99. The molecule has 0 spiro atoms. The van der Waals surface area contributed by atoms with E-state index >= 15 is 0 Å². The predicted molar refractivity (Wildman–Crippen MR) is 53.4 cm³/mol. The number of amides is 1. The molecule has 3 nitrogen and oxygen atoms in total. The third kappa shape index (κ3) is 1.52. The second-order valence-electron chi connectivity index (χ2n) is 3.35. The molecule has 74 valence electrons. The third-order valence-corrected chi connectivity index (χ3v) is 2.77. The van der Waals surface area contributed by atoms with Crippen molar-refractivity contribution in [1.82, 2.24) is 4.98 Å². The summed E-state index contributed by atoms with van der Waals surface area (Å²) in [5.74, 6) is -0.646. The maximum atomic E-state index is 13.1. The van der Waals surface area contributed by atoms with Crippen LogP contribution in [0.4, 0.5) is 10.1 Å². The van der Waals surface area contributed by atoms with Gasteiger partial charge in [0.05, 0.1) is 11.4 Å². The Morgan fingerprint density at radius 3 is 3.14 bits per heavy atom. The fourth-order valence-corrected chi connectivity index (χ4v) is 1.73. The van der Waals surface area contributed by atoms with Gasteiger partial charge in [-0.15, -0.1) is 0 Å². The first-order valence-electron chi connectivity index (χ1n) is 4.23. The Morgan fingerprint density at radius 1 is 1.71 bits per heavy atom. The number of rotatable bonds is 0. The standard InChI is InChI=1S/C9H8BrFN2O/c1-4-2-6-7(13-9(4)14)3-5(11)8(10)12-6/h3-4H,2H2,1H3,(H,13,14). The van der Waals surface area contributed by atoms with E-state index < -0.39 is 5.82 Å². The van der Waals surface area contributed by atoms with Crippen LogP contribution in [0.2, 0.25) is 0 Å². The molecule has 1 amide bonds. The summed E-state index contributed by atoms with van der Waals surface area (Å²) in [6.45, 7) is 1.82. The van der Waals surface area contributed by atoms with Gasteiger partial charge in [0.1, 0.15) is 4.60 Å². The molecule has 0 radical (unpaired) electrons. The lowest BCUT2D eigenvalue weighted by Gasteiger charge is -2.20. The smallest absolute Gasteiger partial charge is 0.227 e. The SMILES string of the molecule is CC1Cc2nc(Br)c(F)cc2NC1=O. The van der Waals surface area contributed by atoms with Crippen molar-refractivity contribution in [3.05, 3.63) is 22.2 Å². The van der Waals surface area contributed by atoms with Gasteiger partial charge in [-0.05, 0) is 15.9 Å². The molecule has 2 rings (SSSR count). The van der Waals surface area contributed by atoms with Crippen molar-refractivity contribution in [2.24, 2.45) is 5.92 Å². The largest absolute Gasteiger partial charge is 0.324 e. The van der Waals surface area contributed by atoms with Gasteiger partial charge >= 0.3 is 0 Å². The zero-order valence-corrected chi connectivity index (χ0v) is 9.06. The Labute approximate surface area is 88.8 Å². The molecule has 0 aliphatic carbocycles. The van der Waals surface area contributed by atoms with Crippen LogP contribution in [0, 0.1) is 11.7 Å². The van der Waals surface area contributed by atoms with Crippen LogP contribution < -0.4 is 5.32 Å². The first-order chi connectivity index (χ1) is 6.58. The number of anilines is 1. The van der Waals surface area contributed by atoms with Crippen LogP contribution in [0.1, 0.15) is 12.6 Å². The normalized spacial score (nSPS) is 20.2. The molecule has 0 fully saturated rings. The Kier molecular flexibility index (Phi) is 2.26. The second kappa shape index (κ2) is 3.31. The quantitative estimate of drug-likeness (QED) is 0.725. The van der Waals surface area contributed by atoms with Crippen molar-refractivity contribution in [1.29, 1.82) is 0 Å². The van der Waals surface area contributed by atoms with E-state index in [-0.39, 0.29) is 16.4 Å². The molecule has 1 N–H and O–H groups in total. The van der Waals surface area contributed by atoms with Gasteiger partial charge in [-0.1, -0.05) is 6.92 Å². The number of hydrogen-bond acceptors (Lipinski definition) is 2. The summed E-state index contributed by atoms with van der Waals surface area (Å²) < 4.78 is 13.3. The fourth-order valence-electron chi connectivity index (χ4n) is 1.40. The molecule has 1 atom stereocenters. The van der Waals surface area contributed by atoms with Crippen LogP contribution >= 0.6 is 15.9 Å². The number of carbonyl (C=O) groups is 1. The van der Waals surface area contributed by atoms with Crippen molar-refractivity contribution in [2.45, 2.75) is 13.3 Å². The molecule has 2 heterocycles. The summed E-state index contributed by atoms with van der Waals surface area (Å²) in [5.41, 5.74) is 1.21. The zero-order chi connectivity index (χ0) is 10.3. The van der Waals surface area contributed by atoms with Gasteiger partial charge in [-0.3, -0.25) is 4.79 Å². The van der Waals surface area contributed by atoms with Gasteiger partial charge < -0.3 is 5.32 Å². The molecule has 5 heteroatoms. The summed E-state index contributed by atoms with van der Waals surface area (Å²) in [6, 6.07) is 1.29. The van der Waals surface area contributed by atoms with E-state index in [9.17, 15) is 9.18 Å². The number of nitrogens with zero attached hydrogens (tertiary/aromatic N) is 1. The molecular formula is C9H8BrFN2O. The van der Waals surface area contributed by atoms with E-state index in [1.54, 1.807) is 0 Å². The van der Waals surface area contributed by atoms with E-state index in [0.29, 0.717) is 12.1 Å². The summed E-state index contributed by atoms with van der Waals surface area (Å²) >= 11 is 3.01. The highest BCUT2D eigenvalue weighted by atomic mass is 79.9. The summed E-state index contributed by atoms with van der Waals surface area (Å²) in [5, 5.41) is 2.62. The topological polar surface area (TPSA) is 42.0 Å². The first-order valence-corrected chi connectivity index (χ1v) is 5.03. The highest BCUT2D eigenvalue weighted by Gasteiger charge is 2.24. The van der Waals surface area contributed by atoms with E-state index in [0.717, 1.165) is 5.69 Å². The molecule has 0 saturated carbocycles. The van der Waals surface area contributed by atoms with Gasteiger partial charge in [-0.25, -0.2) is 9.37 Å². The Bertz CT molecular complexity index is 408. The molecule has 1 aromatic heterocycles. The van der Waals surface area contributed by atoms with E-state index in [1.807, 2.05) is 6.92 Å². The second-order valence-corrected chi connectivity index (χ2v) is 4.10. The monoisotopic (exact) mass is 258 g/mol. The summed E-state index contributed by atoms with van der Waals surface area (Å²) in [4.78, 5) is 15.3. The molecule has 0 bridgehead atoms. The third-order valence-electron chi connectivity index (χ3n) is 2.22. The lowest BCUT2D eigenvalue weighted by Crippen LogP contribution is -2.28. The Morgan fingerprint density at radius 2 is 2.43 bits per heavy atom. The van der Waals surface area contributed by atoms with Crippen molar-refractivity contribution >= 4 is 27.5 Å². The first kappa shape index (κ1) is 9.58. The van der Waals surface area contributed by atoms with Gasteiger partial charge in [-0.2, -0.15) is 0 Å². The maximum Gasteiger partial charge on any atom is 0.227 e. The number of halogens is 2. The molecule has 1 aliphatic rings. The van der Waals surface area contributed by atoms with Crippen molar-refractivity contribution in [2.75, 3.05) is 5.32 Å². The number of carbonyl (C=O) groups excluding carboxylic acids is 1. The number of hydrogen-bond donors (Lipinski definition) is 1. The average molecular weight is 259 g/mol. The van der Waals surface area contributed by atoms with Crippen molar-refractivity contribution < 1.29 is 9.18 Å². The van der Waals surface area contributed by atoms with Gasteiger partial charge in [0.2, 0.25) is 5.91 Å². The zero-order valence-electron chi connectivity index (χ0n) is 7.47. The number of fused-ring (bicyclic) bond motifs is 1. The minimum absolute atomic E-state index is 0.0824. The minimum atomic E-state index is -0.460. The Hall–Kier alpha value is -0.970. The van der Waals surface area contributed by atoms with Gasteiger partial charge in [0, 0.05) is 18.4 Å². The van der Waals surface area contributed by atoms with Gasteiger partial charge in [0.25, 0.3) is 0 Å². The van der Waals surface area contributed by atoms with E-state index in [4.69, 9.17) is 0 Å². The number of pyridine rings is 1. The minimum Gasteiger partial charge on any atom is -0.324 e. The predicted octanol–water partition coefficient (Wildman–Crippen LogP) is 2.11. The van der Waals surface area contributed by atoms with Crippen molar-refractivity contribution in [3.63, 3.8) is 0 Å². The molecule has 0 aromatic carbocycles. The molecular weight excluding hydrogens is 251 g/mol. The molecule has 14 heavy (non-hydrogen) atoms. The number of nitrogens with one attached hydrogen (secondary N) is 1. The van der Waals surface area contributed by atoms with Crippen LogP contribution in [-0.2, 0) is 11.2 Å². The van der Waals surface area contributed by atoms with Crippen LogP contribution in [0.3, 0.4) is 0 Å². The molecule has 1 aromatic rings.